The third kappa shape index (κ3) is 3.45. The number of nitrogens with two attached hydrogens (primary N) is 1. The molecule has 0 bridgehead atoms. The second-order valence-electron chi connectivity index (χ2n) is 6.56. The Morgan fingerprint density at radius 1 is 1.20 bits per heavy atom. The maximum Gasteiger partial charge on any atom is 0.475 e. The topological polar surface area (TPSA) is 124 Å². The Bertz CT molecular complexity index is 730. The lowest BCUT2D eigenvalue weighted by Crippen LogP contribution is -2.50. The lowest BCUT2D eigenvalue weighted by molar-refractivity contribution is -0.135. The van der Waals surface area contributed by atoms with Gasteiger partial charge in [0.15, 0.2) is 0 Å². The summed E-state index contributed by atoms with van der Waals surface area (Å²) < 4.78 is 26.6. The van der Waals surface area contributed by atoms with Crippen molar-refractivity contribution in [1.29, 1.82) is 0 Å². The Morgan fingerprint density at radius 3 is 2.52 bits per heavy atom. The molecule has 2 heterocycles. The fourth-order valence-electron chi connectivity index (χ4n) is 3.58. The number of carbonyl (C=O) groups is 1. The first kappa shape index (κ1) is 18.3. The standard InChI is InChI=1S/C15H22BN3O5S/c17-13-10-18(25(23,24)11-5-2-1-3-6-11)9-12(13)15(20)19-8-4-7-14(19)16(21)22/h1-3,5-6,12-14,21-22H,4,7-10,17H2/t12-,13+,14-/m0/s1. The molecule has 0 radical (unpaired) electrons. The van der Waals surface area contributed by atoms with E-state index in [9.17, 15) is 23.3 Å². The summed E-state index contributed by atoms with van der Waals surface area (Å²) in [5, 5.41) is 18.9. The van der Waals surface area contributed by atoms with Gasteiger partial charge in [0.25, 0.3) is 0 Å². The van der Waals surface area contributed by atoms with Crippen molar-refractivity contribution in [3.05, 3.63) is 30.3 Å². The maximum atomic E-state index is 12.8. The van der Waals surface area contributed by atoms with Crippen molar-refractivity contribution in [1.82, 2.24) is 9.21 Å². The lowest BCUT2D eigenvalue weighted by atomic mass is 9.77. The molecule has 0 aromatic heterocycles. The highest BCUT2D eigenvalue weighted by atomic mass is 32.2. The van der Waals surface area contributed by atoms with Gasteiger partial charge in [0.05, 0.1) is 16.8 Å². The Hall–Kier alpha value is -1.46. The Kier molecular flexibility index (Phi) is 5.17. The summed E-state index contributed by atoms with van der Waals surface area (Å²) in [6.45, 7) is 0.492. The number of benzene rings is 1. The second-order valence-corrected chi connectivity index (χ2v) is 8.50. The average Bonchev–Trinajstić information content (AvgIpc) is 3.22. The van der Waals surface area contributed by atoms with Crippen LogP contribution in [0.3, 0.4) is 0 Å². The molecule has 0 spiro atoms. The van der Waals surface area contributed by atoms with Gasteiger partial charge in [-0.2, -0.15) is 4.31 Å². The first-order valence-corrected chi connectivity index (χ1v) is 9.74. The van der Waals surface area contributed by atoms with Gasteiger partial charge in [0.1, 0.15) is 0 Å². The van der Waals surface area contributed by atoms with Crippen LogP contribution in [-0.2, 0) is 14.8 Å². The number of nitrogens with zero attached hydrogens (tertiary/aromatic N) is 2. The molecular weight excluding hydrogens is 345 g/mol. The SMILES string of the molecule is N[C@@H]1CN(S(=O)(=O)c2ccccc2)C[C@@H]1C(=O)N1CCC[C@H]1B(O)O. The first-order chi connectivity index (χ1) is 11.8. The van der Waals surface area contributed by atoms with Crippen molar-refractivity contribution in [2.75, 3.05) is 19.6 Å². The smallest absolute Gasteiger partial charge is 0.426 e. The first-order valence-electron chi connectivity index (χ1n) is 8.30. The van der Waals surface area contributed by atoms with Crippen LogP contribution in [0, 0.1) is 5.92 Å². The van der Waals surface area contributed by atoms with Crippen LogP contribution in [0.4, 0.5) is 0 Å². The summed E-state index contributed by atoms with van der Waals surface area (Å²) in [5.74, 6) is -1.65. The van der Waals surface area contributed by atoms with Crippen LogP contribution in [0.15, 0.2) is 35.2 Å². The molecule has 0 unspecified atom stereocenters. The Balaban J connectivity index is 1.77. The van der Waals surface area contributed by atoms with Gasteiger partial charge in [-0.05, 0) is 25.0 Å². The maximum absolute atomic E-state index is 12.8. The summed E-state index contributed by atoms with van der Waals surface area (Å²) in [5.41, 5.74) is 6.06. The van der Waals surface area contributed by atoms with E-state index in [-0.39, 0.29) is 23.9 Å². The zero-order chi connectivity index (χ0) is 18.2. The van der Waals surface area contributed by atoms with Gasteiger partial charge in [-0.1, -0.05) is 18.2 Å². The molecule has 0 aliphatic carbocycles. The molecule has 1 aromatic rings. The lowest BCUT2D eigenvalue weighted by Gasteiger charge is -2.28. The zero-order valence-electron chi connectivity index (χ0n) is 13.7. The number of amides is 1. The minimum Gasteiger partial charge on any atom is -0.426 e. The van der Waals surface area contributed by atoms with Gasteiger partial charge in [0, 0.05) is 25.7 Å². The normalized spacial score (nSPS) is 27.6. The van der Waals surface area contributed by atoms with Gasteiger partial charge in [-0.3, -0.25) is 4.79 Å². The van der Waals surface area contributed by atoms with Crippen LogP contribution in [0.25, 0.3) is 0 Å². The summed E-state index contributed by atoms with van der Waals surface area (Å²) in [6, 6.07) is 7.41. The number of hydrogen-bond acceptors (Lipinski definition) is 6. The van der Waals surface area contributed by atoms with E-state index in [1.54, 1.807) is 18.2 Å². The number of sulfonamides is 1. The Morgan fingerprint density at radius 2 is 1.88 bits per heavy atom. The minimum absolute atomic E-state index is 0.00196. The van der Waals surface area contributed by atoms with Gasteiger partial charge >= 0.3 is 7.12 Å². The largest absolute Gasteiger partial charge is 0.475 e. The summed E-state index contributed by atoms with van der Waals surface area (Å²) in [7, 11) is -5.31. The zero-order valence-corrected chi connectivity index (χ0v) is 14.5. The highest BCUT2D eigenvalue weighted by Gasteiger charge is 2.46. The molecule has 0 saturated carbocycles. The highest BCUT2D eigenvalue weighted by Crippen LogP contribution is 2.28. The van der Waals surface area contributed by atoms with Crippen LogP contribution < -0.4 is 5.73 Å². The third-order valence-corrected chi connectivity index (χ3v) is 6.80. The van der Waals surface area contributed by atoms with Gasteiger partial charge < -0.3 is 20.7 Å². The molecular formula is C15H22BN3O5S. The molecule has 8 nitrogen and oxygen atoms in total. The van der Waals surface area contributed by atoms with Crippen LogP contribution in [0.1, 0.15) is 12.8 Å². The van der Waals surface area contributed by atoms with Crippen molar-refractivity contribution in [3.63, 3.8) is 0 Å². The minimum atomic E-state index is -3.71. The van der Waals surface area contributed by atoms with E-state index < -0.39 is 35.0 Å². The molecule has 2 saturated heterocycles. The molecule has 25 heavy (non-hydrogen) atoms. The molecule has 2 aliphatic heterocycles. The van der Waals surface area contributed by atoms with E-state index in [2.05, 4.69) is 0 Å². The number of carbonyl (C=O) groups excluding carboxylic acids is 1. The quantitative estimate of drug-likeness (QED) is 0.565. The number of likely N-dealkylation sites (tertiary alicyclic amines) is 1. The van der Waals surface area contributed by atoms with E-state index in [0.29, 0.717) is 19.4 Å². The van der Waals surface area contributed by atoms with Crippen LogP contribution in [0.5, 0.6) is 0 Å². The summed E-state index contributed by atoms with van der Waals surface area (Å²) >= 11 is 0. The van der Waals surface area contributed by atoms with E-state index in [4.69, 9.17) is 5.73 Å². The fraction of sp³-hybridized carbons (Fsp3) is 0.533. The summed E-state index contributed by atoms with van der Waals surface area (Å²) in [6.07, 6.45) is 1.19. The average molecular weight is 367 g/mol. The molecule has 4 N–H and O–H groups in total. The van der Waals surface area contributed by atoms with Crippen molar-refractivity contribution in [2.45, 2.75) is 29.7 Å². The molecule has 10 heteroatoms. The molecule has 2 aliphatic rings. The van der Waals surface area contributed by atoms with Crippen molar-refractivity contribution in [3.8, 4) is 0 Å². The molecule has 1 amide bonds. The monoisotopic (exact) mass is 367 g/mol. The molecule has 2 fully saturated rings. The van der Waals surface area contributed by atoms with Crippen LogP contribution in [-0.4, -0.2) is 72.3 Å². The summed E-state index contributed by atoms with van der Waals surface area (Å²) in [4.78, 5) is 14.4. The molecule has 1 aromatic carbocycles. The predicted molar refractivity (Wildman–Crippen MR) is 91.6 cm³/mol. The van der Waals surface area contributed by atoms with Crippen molar-refractivity contribution < 1.29 is 23.3 Å². The van der Waals surface area contributed by atoms with E-state index in [1.807, 2.05) is 0 Å². The van der Waals surface area contributed by atoms with Gasteiger partial charge in [0.2, 0.25) is 15.9 Å². The van der Waals surface area contributed by atoms with Crippen molar-refractivity contribution >= 4 is 23.0 Å². The number of rotatable bonds is 4. The second kappa shape index (κ2) is 7.04. The van der Waals surface area contributed by atoms with Gasteiger partial charge in [-0.15, -0.1) is 0 Å². The third-order valence-electron chi connectivity index (χ3n) is 4.96. The van der Waals surface area contributed by atoms with Crippen LogP contribution in [0.2, 0.25) is 0 Å². The van der Waals surface area contributed by atoms with E-state index in [0.717, 1.165) is 0 Å². The highest BCUT2D eigenvalue weighted by molar-refractivity contribution is 7.89. The fourth-order valence-corrected chi connectivity index (χ4v) is 5.10. The Labute approximate surface area is 147 Å². The van der Waals surface area contributed by atoms with E-state index in [1.165, 1.54) is 21.3 Å². The van der Waals surface area contributed by atoms with E-state index >= 15 is 0 Å². The predicted octanol–water partition coefficient (Wildman–Crippen LogP) is -1.36. The van der Waals surface area contributed by atoms with Gasteiger partial charge in [-0.25, -0.2) is 8.42 Å². The number of hydrogen-bond donors (Lipinski definition) is 3. The molecule has 3 rings (SSSR count). The van der Waals surface area contributed by atoms with Crippen LogP contribution >= 0.6 is 0 Å². The van der Waals surface area contributed by atoms with Crippen molar-refractivity contribution in [2.24, 2.45) is 11.7 Å². The molecule has 136 valence electrons. The molecule has 3 atom stereocenters.